The lowest BCUT2D eigenvalue weighted by molar-refractivity contribution is 0.0587. The van der Waals surface area contributed by atoms with E-state index < -0.39 is 16.1 Å². The molecule has 0 radical (unpaired) electrons. The topological polar surface area (TPSA) is 77.8 Å². The standard InChI is InChI=1S/C25H27NO4S/c1-18-7-13-22(14-8-18)31(29,30)26-16-15-23(19-9-11-21(27)12-10-19)24(17-26)25(28)20-5-3-2-4-6-20/h2-14,23-25,27-28H,15-17H2,1H3/t23-,24+,25+/m1/s1. The van der Waals surface area contributed by atoms with Crippen LogP contribution in [0.25, 0.3) is 0 Å². The van der Waals surface area contributed by atoms with Crippen molar-refractivity contribution in [3.63, 3.8) is 0 Å². The Balaban J connectivity index is 1.67. The maximum Gasteiger partial charge on any atom is 0.243 e. The molecule has 2 N–H and O–H groups in total. The molecule has 0 saturated carbocycles. The van der Waals surface area contributed by atoms with Crippen LogP contribution in [0.3, 0.4) is 0 Å². The van der Waals surface area contributed by atoms with E-state index in [0.717, 1.165) is 16.7 Å². The molecule has 3 aromatic carbocycles. The van der Waals surface area contributed by atoms with Gasteiger partial charge in [0.15, 0.2) is 0 Å². The van der Waals surface area contributed by atoms with Gasteiger partial charge in [-0.15, -0.1) is 0 Å². The second-order valence-corrected chi connectivity index (χ2v) is 10.1. The molecule has 1 saturated heterocycles. The monoisotopic (exact) mass is 437 g/mol. The molecular weight excluding hydrogens is 410 g/mol. The molecule has 0 spiro atoms. The van der Waals surface area contributed by atoms with E-state index in [0.29, 0.717) is 13.0 Å². The van der Waals surface area contributed by atoms with E-state index in [2.05, 4.69) is 0 Å². The molecule has 1 heterocycles. The Morgan fingerprint density at radius 3 is 2.23 bits per heavy atom. The predicted molar refractivity (Wildman–Crippen MR) is 120 cm³/mol. The molecule has 0 aromatic heterocycles. The molecule has 0 amide bonds. The van der Waals surface area contributed by atoms with Crippen molar-refractivity contribution in [2.75, 3.05) is 13.1 Å². The number of nitrogens with zero attached hydrogens (tertiary/aromatic N) is 1. The quantitative estimate of drug-likeness (QED) is 0.626. The Kier molecular flexibility index (Phi) is 6.14. The molecule has 162 valence electrons. The Hall–Kier alpha value is -2.67. The van der Waals surface area contributed by atoms with E-state index in [1.807, 2.05) is 49.4 Å². The Bertz CT molecular complexity index is 1110. The number of aryl methyl sites for hydroxylation is 1. The van der Waals surface area contributed by atoms with Crippen LogP contribution in [0.4, 0.5) is 0 Å². The zero-order valence-electron chi connectivity index (χ0n) is 17.4. The van der Waals surface area contributed by atoms with Crippen LogP contribution in [0.15, 0.2) is 83.8 Å². The summed E-state index contributed by atoms with van der Waals surface area (Å²) in [4.78, 5) is 0.272. The van der Waals surface area contributed by atoms with Gasteiger partial charge in [0.2, 0.25) is 10.0 Å². The van der Waals surface area contributed by atoms with Crippen molar-refractivity contribution < 1.29 is 18.6 Å². The minimum absolute atomic E-state index is 0.0275. The summed E-state index contributed by atoms with van der Waals surface area (Å²) in [6, 6.07) is 23.2. The molecule has 1 fully saturated rings. The van der Waals surface area contributed by atoms with Crippen molar-refractivity contribution in [2.45, 2.75) is 30.3 Å². The van der Waals surface area contributed by atoms with Gasteiger partial charge in [-0.25, -0.2) is 8.42 Å². The molecule has 6 heteroatoms. The van der Waals surface area contributed by atoms with Gasteiger partial charge in [0.25, 0.3) is 0 Å². The summed E-state index contributed by atoms with van der Waals surface area (Å²) in [6.07, 6.45) is -0.222. The van der Waals surface area contributed by atoms with Crippen LogP contribution in [0.1, 0.15) is 35.1 Å². The number of benzene rings is 3. The number of phenols is 1. The average Bonchev–Trinajstić information content (AvgIpc) is 2.79. The third-order valence-electron chi connectivity index (χ3n) is 6.15. The highest BCUT2D eigenvalue weighted by atomic mass is 32.2. The molecule has 0 bridgehead atoms. The fourth-order valence-corrected chi connectivity index (χ4v) is 5.87. The van der Waals surface area contributed by atoms with Gasteiger partial charge in [0.05, 0.1) is 11.0 Å². The number of sulfonamides is 1. The van der Waals surface area contributed by atoms with E-state index in [4.69, 9.17) is 0 Å². The van der Waals surface area contributed by atoms with Crippen molar-refractivity contribution in [3.8, 4) is 5.75 Å². The lowest BCUT2D eigenvalue weighted by Gasteiger charge is -2.40. The van der Waals surface area contributed by atoms with Gasteiger partial charge in [0, 0.05) is 19.0 Å². The molecule has 31 heavy (non-hydrogen) atoms. The summed E-state index contributed by atoms with van der Waals surface area (Å²) in [7, 11) is -3.66. The van der Waals surface area contributed by atoms with Crippen LogP contribution >= 0.6 is 0 Å². The molecule has 1 aliphatic heterocycles. The summed E-state index contributed by atoms with van der Waals surface area (Å²) >= 11 is 0. The second-order valence-electron chi connectivity index (χ2n) is 8.18. The average molecular weight is 438 g/mol. The number of aliphatic hydroxyl groups is 1. The summed E-state index contributed by atoms with van der Waals surface area (Å²) in [5.41, 5.74) is 2.76. The zero-order chi connectivity index (χ0) is 22.0. The molecular formula is C25H27NO4S. The third kappa shape index (κ3) is 4.51. The highest BCUT2D eigenvalue weighted by Crippen LogP contribution is 2.42. The normalized spacial score (nSPS) is 21.0. The van der Waals surface area contributed by atoms with Crippen LogP contribution in [-0.4, -0.2) is 36.0 Å². The third-order valence-corrected chi connectivity index (χ3v) is 8.03. The van der Waals surface area contributed by atoms with E-state index >= 15 is 0 Å². The molecule has 3 aromatic rings. The molecule has 4 rings (SSSR count). The summed E-state index contributed by atoms with van der Waals surface area (Å²) < 4.78 is 28.1. The van der Waals surface area contributed by atoms with Crippen molar-refractivity contribution in [1.82, 2.24) is 4.31 Å². The molecule has 1 aliphatic rings. The van der Waals surface area contributed by atoms with E-state index in [1.165, 1.54) is 4.31 Å². The van der Waals surface area contributed by atoms with Crippen LogP contribution in [0.5, 0.6) is 5.75 Å². The second kappa shape index (κ2) is 8.83. The highest BCUT2D eigenvalue weighted by molar-refractivity contribution is 7.89. The smallest absolute Gasteiger partial charge is 0.243 e. The summed E-state index contributed by atoms with van der Waals surface area (Å²) in [5.74, 6) is -0.163. The van der Waals surface area contributed by atoms with Crippen LogP contribution < -0.4 is 0 Å². The zero-order valence-corrected chi connectivity index (χ0v) is 18.2. The lowest BCUT2D eigenvalue weighted by atomic mass is 9.76. The summed E-state index contributed by atoms with van der Waals surface area (Å²) in [5, 5.41) is 20.9. The molecule has 0 unspecified atom stereocenters. The molecule has 0 aliphatic carbocycles. The van der Waals surface area contributed by atoms with Crippen molar-refractivity contribution in [3.05, 3.63) is 95.6 Å². The van der Waals surface area contributed by atoms with Crippen molar-refractivity contribution >= 4 is 10.0 Å². The van der Waals surface area contributed by atoms with Crippen LogP contribution in [0.2, 0.25) is 0 Å². The molecule has 3 atom stereocenters. The maximum absolute atomic E-state index is 13.3. The first-order chi connectivity index (χ1) is 14.9. The fourth-order valence-electron chi connectivity index (χ4n) is 4.38. The minimum atomic E-state index is -3.66. The van der Waals surface area contributed by atoms with Crippen LogP contribution in [0, 0.1) is 12.8 Å². The first-order valence-corrected chi connectivity index (χ1v) is 11.9. The summed E-state index contributed by atoms with van der Waals surface area (Å²) in [6.45, 7) is 2.52. The number of rotatable bonds is 5. The SMILES string of the molecule is Cc1ccc(S(=O)(=O)N2CC[C@H](c3ccc(O)cc3)[C@@H]([C@@H](O)c3ccccc3)C2)cc1. The van der Waals surface area contributed by atoms with Gasteiger partial charge in [0.1, 0.15) is 5.75 Å². The number of hydrogen-bond donors (Lipinski definition) is 2. The van der Waals surface area contributed by atoms with Crippen molar-refractivity contribution in [1.29, 1.82) is 0 Å². The first kappa shape index (κ1) is 21.6. The Morgan fingerprint density at radius 2 is 1.58 bits per heavy atom. The van der Waals surface area contributed by atoms with Crippen molar-refractivity contribution in [2.24, 2.45) is 5.92 Å². The lowest BCUT2D eigenvalue weighted by Crippen LogP contribution is -2.44. The Labute approximate surface area is 183 Å². The number of hydrogen-bond acceptors (Lipinski definition) is 4. The fraction of sp³-hybridized carbons (Fsp3) is 0.280. The van der Waals surface area contributed by atoms with E-state index in [9.17, 15) is 18.6 Å². The number of aliphatic hydroxyl groups excluding tert-OH is 1. The highest BCUT2D eigenvalue weighted by Gasteiger charge is 2.40. The van der Waals surface area contributed by atoms with Gasteiger partial charge in [-0.2, -0.15) is 4.31 Å². The van der Waals surface area contributed by atoms with Gasteiger partial charge in [-0.3, -0.25) is 0 Å². The number of piperidine rings is 1. The largest absolute Gasteiger partial charge is 0.508 e. The van der Waals surface area contributed by atoms with Gasteiger partial charge < -0.3 is 10.2 Å². The van der Waals surface area contributed by atoms with Crippen LogP contribution in [-0.2, 0) is 10.0 Å². The predicted octanol–water partition coefficient (Wildman–Crippen LogP) is 4.23. The van der Waals surface area contributed by atoms with Gasteiger partial charge >= 0.3 is 0 Å². The van der Waals surface area contributed by atoms with E-state index in [-0.39, 0.29) is 29.0 Å². The van der Waals surface area contributed by atoms with E-state index in [1.54, 1.807) is 36.4 Å². The Morgan fingerprint density at radius 1 is 0.935 bits per heavy atom. The maximum atomic E-state index is 13.3. The minimum Gasteiger partial charge on any atom is -0.508 e. The van der Waals surface area contributed by atoms with Gasteiger partial charge in [-0.1, -0.05) is 60.2 Å². The first-order valence-electron chi connectivity index (χ1n) is 10.4. The van der Waals surface area contributed by atoms with Gasteiger partial charge in [-0.05, 0) is 54.7 Å². The number of aromatic hydroxyl groups is 1. The molecule has 5 nitrogen and oxygen atoms in total. The number of phenolic OH excluding ortho intramolecular Hbond substituents is 1.